The van der Waals surface area contributed by atoms with Crippen molar-refractivity contribution < 1.29 is 13.2 Å². The number of benzene rings is 2. The lowest BCUT2D eigenvalue weighted by Gasteiger charge is -2.24. The van der Waals surface area contributed by atoms with E-state index in [2.05, 4.69) is 0 Å². The molecule has 4 nitrogen and oxygen atoms in total. The summed E-state index contributed by atoms with van der Waals surface area (Å²) in [7, 11) is -4.19. The van der Waals surface area contributed by atoms with Crippen LogP contribution in [0.4, 0.5) is 5.69 Å². The number of rotatable bonds is 5. The van der Waals surface area contributed by atoms with Crippen molar-refractivity contribution in [3.8, 4) is 0 Å². The van der Waals surface area contributed by atoms with Gasteiger partial charge in [0.15, 0.2) is 0 Å². The lowest BCUT2D eigenvalue weighted by atomic mass is 10.3. The summed E-state index contributed by atoms with van der Waals surface area (Å²) in [6.45, 7) is -0.635. The molecule has 0 fully saturated rings. The molecule has 0 saturated carbocycles. The Morgan fingerprint density at radius 2 is 1.62 bits per heavy atom. The zero-order valence-corrected chi connectivity index (χ0v) is 16.2. The molecule has 0 aliphatic heterocycles. The molecule has 0 saturated heterocycles. The predicted octanol–water partition coefficient (Wildman–Crippen LogP) is 5.26. The van der Waals surface area contributed by atoms with E-state index in [-0.39, 0.29) is 30.7 Å². The van der Waals surface area contributed by atoms with Gasteiger partial charge in [0.05, 0.1) is 30.7 Å². The van der Waals surface area contributed by atoms with Gasteiger partial charge in [-0.25, -0.2) is 8.42 Å². The molecule has 0 unspecified atom stereocenters. The van der Waals surface area contributed by atoms with Crippen LogP contribution < -0.4 is 4.31 Å². The average molecular weight is 448 g/mol. The molecule has 0 atom stereocenters. The van der Waals surface area contributed by atoms with Gasteiger partial charge in [0.2, 0.25) is 5.24 Å². The topological polar surface area (TPSA) is 54.5 Å². The van der Waals surface area contributed by atoms with Gasteiger partial charge in [-0.15, -0.1) is 0 Å². The average Bonchev–Trinajstić information content (AvgIpc) is 2.50. The Morgan fingerprint density at radius 1 is 0.958 bits per heavy atom. The SMILES string of the molecule is O=C(Cl)CN(c1cccc(Cl)c1Cl)S(=O)(=O)c1ccc(Cl)c(Cl)c1. The number of hydrogen-bond donors (Lipinski definition) is 0. The number of hydrogen-bond acceptors (Lipinski definition) is 3. The van der Waals surface area contributed by atoms with E-state index in [4.69, 9.17) is 58.0 Å². The highest BCUT2D eigenvalue weighted by molar-refractivity contribution is 7.92. The molecule has 0 amide bonds. The van der Waals surface area contributed by atoms with Gasteiger partial charge in [-0.3, -0.25) is 9.10 Å². The third kappa shape index (κ3) is 4.10. The molecule has 2 rings (SSSR count). The second kappa shape index (κ2) is 7.68. The van der Waals surface area contributed by atoms with E-state index in [1.807, 2.05) is 0 Å². The van der Waals surface area contributed by atoms with Crippen molar-refractivity contribution >= 4 is 79.0 Å². The van der Waals surface area contributed by atoms with Gasteiger partial charge in [0.25, 0.3) is 10.0 Å². The molecule has 0 radical (unpaired) electrons. The molecular weight excluding hydrogens is 439 g/mol. The van der Waals surface area contributed by atoms with Crippen molar-refractivity contribution in [2.45, 2.75) is 4.90 Å². The summed E-state index contributed by atoms with van der Waals surface area (Å²) in [5.74, 6) is 0. The first-order chi connectivity index (χ1) is 11.1. The number of carbonyl (C=O) groups excluding carboxylic acids is 1. The van der Waals surface area contributed by atoms with Crippen molar-refractivity contribution in [2.24, 2.45) is 0 Å². The Hall–Kier alpha value is -0.690. The highest BCUT2D eigenvalue weighted by Crippen LogP contribution is 2.36. The molecule has 24 heavy (non-hydrogen) atoms. The standard InChI is InChI=1S/C14H8Cl5NO3S/c15-9-5-4-8(6-11(9)17)24(22,23)20(7-13(18)21)12-3-1-2-10(16)14(12)19/h1-6H,7H2. The maximum Gasteiger partial charge on any atom is 0.264 e. The number of halogens is 5. The Labute approximate surface area is 163 Å². The van der Waals surface area contributed by atoms with E-state index < -0.39 is 21.8 Å². The van der Waals surface area contributed by atoms with Crippen LogP contribution >= 0.6 is 58.0 Å². The minimum absolute atomic E-state index is 0.0178. The molecule has 0 spiro atoms. The fraction of sp³-hybridized carbons (Fsp3) is 0.0714. The van der Waals surface area contributed by atoms with Gasteiger partial charge in [-0.2, -0.15) is 0 Å². The summed E-state index contributed by atoms with van der Waals surface area (Å²) in [4.78, 5) is 11.2. The van der Waals surface area contributed by atoms with Crippen LogP contribution in [0, 0.1) is 0 Å². The maximum atomic E-state index is 12.9. The van der Waals surface area contributed by atoms with Gasteiger partial charge in [-0.05, 0) is 41.9 Å². The van der Waals surface area contributed by atoms with E-state index in [0.29, 0.717) is 0 Å². The van der Waals surface area contributed by atoms with Gasteiger partial charge < -0.3 is 0 Å². The van der Waals surface area contributed by atoms with E-state index in [1.54, 1.807) is 0 Å². The molecule has 0 heterocycles. The number of carbonyl (C=O) groups is 1. The smallest absolute Gasteiger partial charge is 0.264 e. The maximum absolute atomic E-state index is 12.9. The normalized spacial score (nSPS) is 11.4. The summed E-state index contributed by atoms with van der Waals surface area (Å²) >= 11 is 29.1. The predicted molar refractivity (Wildman–Crippen MR) is 98.3 cm³/mol. The zero-order valence-electron chi connectivity index (χ0n) is 11.6. The summed E-state index contributed by atoms with van der Waals surface area (Å²) < 4.78 is 26.6. The summed E-state index contributed by atoms with van der Waals surface area (Å²) in [5.41, 5.74) is 0.0178. The Morgan fingerprint density at radius 3 is 2.21 bits per heavy atom. The van der Waals surface area contributed by atoms with Crippen molar-refractivity contribution in [1.29, 1.82) is 0 Å². The van der Waals surface area contributed by atoms with Gasteiger partial charge in [0.1, 0.15) is 6.54 Å². The fourth-order valence-electron chi connectivity index (χ4n) is 1.86. The van der Waals surface area contributed by atoms with Crippen molar-refractivity contribution in [3.63, 3.8) is 0 Å². The second-order valence-corrected chi connectivity index (χ2v) is 8.40. The van der Waals surface area contributed by atoms with Crippen LogP contribution in [0.2, 0.25) is 20.1 Å². The largest absolute Gasteiger partial charge is 0.279 e. The molecule has 10 heteroatoms. The van der Waals surface area contributed by atoms with Crippen LogP contribution in [0.25, 0.3) is 0 Å². The summed E-state index contributed by atoms with van der Waals surface area (Å²) in [6, 6.07) is 8.15. The fourth-order valence-corrected chi connectivity index (χ4v) is 4.32. The zero-order chi connectivity index (χ0) is 18.1. The van der Waals surface area contributed by atoms with E-state index in [0.717, 1.165) is 4.31 Å². The molecule has 0 aromatic heterocycles. The number of sulfonamides is 1. The first-order valence-electron chi connectivity index (χ1n) is 6.24. The summed E-state index contributed by atoms with van der Waals surface area (Å²) in [5, 5.41) is -0.551. The Balaban J connectivity index is 2.64. The second-order valence-electron chi connectivity index (χ2n) is 4.52. The Bertz CT molecular complexity index is 901. The number of nitrogens with zero attached hydrogens (tertiary/aromatic N) is 1. The quantitative estimate of drug-likeness (QED) is 0.588. The third-order valence-corrected chi connectivity index (χ3v) is 6.37. The van der Waals surface area contributed by atoms with Crippen molar-refractivity contribution in [3.05, 3.63) is 56.5 Å². The number of anilines is 1. The van der Waals surface area contributed by atoms with E-state index in [1.165, 1.54) is 36.4 Å². The lowest BCUT2D eigenvalue weighted by molar-refractivity contribution is -0.110. The van der Waals surface area contributed by atoms with E-state index in [9.17, 15) is 13.2 Å². The molecule has 0 bridgehead atoms. The molecule has 2 aromatic rings. The van der Waals surface area contributed by atoms with Crippen LogP contribution in [-0.4, -0.2) is 20.2 Å². The molecular formula is C14H8Cl5NO3S. The first-order valence-corrected chi connectivity index (χ1v) is 9.57. The highest BCUT2D eigenvalue weighted by atomic mass is 35.5. The van der Waals surface area contributed by atoms with Crippen LogP contribution in [0.1, 0.15) is 0 Å². The molecule has 0 aliphatic rings. The van der Waals surface area contributed by atoms with E-state index >= 15 is 0 Å². The van der Waals surface area contributed by atoms with Crippen LogP contribution in [0.3, 0.4) is 0 Å². The molecule has 0 N–H and O–H groups in total. The van der Waals surface area contributed by atoms with Gasteiger partial charge in [-0.1, -0.05) is 52.5 Å². The van der Waals surface area contributed by atoms with Crippen LogP contribution in [-0.2, 0) is 14.8 Å². The monoisotopic (exact) mass is 445 g/mol. The highest BCUT2D eigenvalue weighted by Gasteiger charge is 2.29. The summed E-state index contributed by atoms with van der Waals surface area (Å²) in [6.07, 6.45) is 0. The van der Waals surface area contributed by atoms with Crippen LogP contribution in [0.15, 0.2) is 41.3 Å². The first kappa shape index (κ1) is 19.6. The molecule has 0 aliphatic carbocycles. The minimum atomic E-state index is -4.19. The van der Waals surface area contributed by atoms with Crippen LogP contribution in [0.5, 0.6) is 0 Å². The minimum Gasteiger partial charge on any atom is -0.279 e. The van der Waals surface area contributed by atoms with Gasteiger partial charge >= 0.3 is 0 Å². The van der Waals surface area contributed by atoms with Crippen molar-refractivity contribution in [2.75, 3.05) is 10.8 Å². The van der Waals surface area contributed by atoms with Crippen molar-refractivity contribution in [1.82, 2.24) is 0 Å². The lowest BCUT2D eigenvalue weighted by Crippen LogP contribution is -2.34. The molecule has 128 valence electrons. The van der Waals surface area contributed by atoms with Gasteiger partial charge in [0, 0.05) is 0 Å². The third-order valence-electron chi connectivity index (χ3n) is 2.95. The Kier molecular flexibility index (Phi) is 6.29. The molecule has 2 aromatic carbocycles.